The maximum atomic E-state index is 5.31. The topological polar surface area (TPSA) is 24.5 Å². The third-order valence-electron chi connectivity index (χ3n) is 3.50. The summed E-state index contributed by atoms with van der Waals surface area (Å²) in [7, 11) is 1.71. The zero-order valence-corrected chi connectivity index (χ0v) is 12.8. The Kier molecular flexibility index (Phi) is 4.51. The lowest BCUT2D eigenvalue weighted by Crippen LogP contribution is -2.53. The standard InChI is InChI=1S/C14H21BrN2O/c1-10(2)13-9-17(7-6-16-13)14-8-11(18-3)4-5-12(14)15/h4-5,8,10,13,16H,6-7,9H2,1-3H3. The molecule has 1 fully saturated rings. The van der Waals surface area contributed by atoms with Gasteiger partial charge in [0.15, 0.2) is 0 Å². The Balaban J connectivity index is 2.19. The van der Waals surface area contributed by atoms with Gasteiger partial charge in [-0.3, -0.25) is 0 Å². The van der Waals surface area contributed by atoms with Crippen molar-refractivity contribution in [3.05, 3.63) is 22.7 Å². The number of halogens is 1. The van der Waals surface area contributed by atoms with E-state index >= 15 is 0 Å². The molecule has 0 bridgehead atoms. The first kappa shape index (κ1) is 13.7. The van der Waals surface area contributed by atoms with Gasteiger partial charge in [-0.15, -0.1) is 0 Å². The minimum absolute atomic E-state index is 0.553. The number of ether oxygens (including phenoxy) is 1. The molecule has 1 heterocycles. The zero-order chi connectivity index (χ0) is 13.1. The Morgan fingerprint density at radius 2 is 2.22 bits per heavy atom. The van der Waals surface area contributed by atoms with Crippen LogP contribution in [0.2, 0.25) is 0 Å². The molecule has 1 aliphatic heterocycles. The van der Waals surface area contributed by atoms with Crippen LogP contribution in [-0.4, -0.2) is 32.8 Å². The normalized spacial score (nSPS) is 20.3. The number of hydrogen-bond acceptors (Lipinski definition) is 3. The first-order chi connectivity index (χ1) is 8.61. The van der Waals surface area contributed by atoms with Crippen LogP contribution in [0, 0.1) is 5.92 Å². The summed E-state index contributed by atoms with van der Waals surface area (Å²) in [4.78, 5) is 2.42. The van der Waals surface area contributed by atoms with Crippen LogP contribution in [0.25, 0.3) is 0 Å². The van der Waals surface area contributed by atoms with Crippen molar-refractivity contribution < 1.29 is 4.74 Å². The maximum absolute atomic E-state index is 5.31. The summed E-state index contributed by atoms with van der Waals surface area (Å²) < 4.78 is 6.44. The van der Waals surface area contributed by atoms with Crippen molar-refractivity contribution >= 4 is 21.6 Å². The largest absolute Gasteiger partial charge is 0.497 e. The van der Waals surface area contributed by atoms with Gasteiger partial charge in [0.25, 0.3) is 0 Å². The number of rotatable bonds is 3. The number of hydrogen-bond donors (Lipinski definition) is 1. The summed E-state index contributed by atoms with van der Waals surface area (Å²) in [5, 5.41) is 3.58. The Morgan fingerprint density at radius 3 is 2.89 bits per heavy atom. The Hall–Kier alpha value is -0.740. The molecule has 1 aromatic rings. The monoisotopic (exact) mass is 312 g/mol. The lowest BCUT2D eigenvalue weighted by molar-refractivity contribution is 0.367. The zero-order valence-electron chi connectivity index (χ0n) is 11.2. The molecule has 2 rings (SSSR count). The molecular formula is C14H21BrN2O. The van der Waals surface area contributed by atoms with E-state index in [9.17, 15) is 0 Å². The van der Waals surface area contributed by atoms with E-state index in [0.717, 1.165) is 29.9 Å². The fourth-order valence-corrected chi connectivity index (χ4v) is 2.80. The lowest BCUT2D eigenvalue weighted by Gasteiger charge is -2.37. The third-order valence-corrected chi connectivity index (χ3v) is 4.17. The number of piperazine rings is 1. The Morgan fingerprint density at radius 1 is 1.44 bits per heavy atom. The Labute approximate surface area is 118 Å². The van der Waals surface area contributed by atoms with Gasteiger partial charge >= 0.3 is 0 Å². The highest BCUT2D eigenvalue weighted by atomic mass is 79.9. The van der Waals surface area contributed by atoms with Crippen molar-refractivity contribution in [2.75, 3.05) is 31.6 Å². The Bertz CT molecular complexity index is 409. The van der Waals surface area contributed by atoms with Crippen molar-refractivity contribution in [2.45, 2.75) is 19.9 Å². The first-order valence-electron chi connectivity index (χ1n) is 6.43. The van der Waals surface area contributed by atoms with E-state index in [1.165, 1.54) is 5.69 Å². The second-order valence-corrected chi connectivity index (χ2v) is 5.92. The van der Waals surface area contributed by atoms with Gasteiger partial charge in [-0.05, 0) is 34.0 Å². The van der Waals surface area contributed by atoms with Gasteiger partial charge in [0.05, 0.1) is 12.8 Å². The van der Waals surface area contributed by atoms with Gasteiger partial charge in [0, 0.05) is 36.2 Å². The molecule has 3 nitrogen and oxygen atoms in total. The van der Waals surface area contributed by atoms with E-state index in [1.54, 1.807) is 7.11 Å². The fourth-order valence-electron chi connectivity index (χ4n) is 2.31. The molecule has 1 atom stereocenters. The predicted octanol–water partition coefficient (Wildman–Crippen LogP) is 2.89. The summed E-state index contributed by atoms with van der Waals surface area (Å²) in [5.41, 5.74) is 1.22. The number of benzene rings is 1. The summed E-state index contributed by atoms with van der Waals surface area (Å²) >= 11 is 3.63. The predicted molar refractivity (Wildman–Crippen MR) is 79.5 cm³/mol. The molecule has 1 aromatic carbocycles. The van der Waals surface area contributed by atoms with Gasteiger partial charge in [-0.1, -0.05) is 13.8 Å². The van der Waals surface area contributed by atoms with E-state index in [0.29, 0.717) is 12.0 Å². The van der Waals surface area contributed by atoms with Crippen LogP contribution in [-0.2, 0) is 0 Å². The van der Waals surface area contributed by atoms with Crippen molar-refractivity contribution in [3.8, 4) is 5.75 Å². The fraction of sp³-hybridized carbons (Fsp3) is 0.571. The minimum atomic E-state index is 0.553. The summed E-state index contributed by atoms with van der Waals surface area (Å²) in [6.07, 6.45) is 0. The minimum Gasteiger partial charge on any atom is -0.497 e. The third kappa shape index (κ3) is 2.98. The van der Waals surface area contributed by atoms with Crippen LogP contribution in [0.4, 0.5) is 5.69 Å². The molecule has 1 saturated heterocycles. The summed E-state index contributed by atoms with van der Waals surface area (Å²) in [6, 6.07) is 6.69. The van der Waals surface area contributed by atoms with Crippen molar-refractivity contribution in [3.63, 3.8) is 0 Å². The van der Waals surface area contributed by atoms with Crippen molar-refractivity contribution in [2.24, 2.45) is 5.92 Å². The van der Waals surface area contributed by atoms with Crippen LogP contribution in [0.3, 0.4) is 0 Å². The molecule has 1 unspecified atom stereocenters. The molecule has 1 aliphatic rings. The van der Waals surface area contributed by atoms with Gasteiger partial charge in [0.2, 0.25) is 0 Å². The molecule has 0 aromatic heterocycles. The first-order valence-corrected chi connectivity index (χ1v) is 7.23. The molecule has 18 heavy (non-hydrogen) atoms. The number of nitrogens with one attached hydrogen (secondary N) is 1. The maximum Gasteiger partial charge on any atom is 0.121 e. The summed E-state index contributed by atoms with van der Waals surface area (Å²) in [5.74, 6) is 1.56. The number of anilines is 1. The van der Waals surface area contributed by atoms with Crippen LogP contribution < -0.4 is 15.0 Å². The van der Waals surface area contributed by atoms with Crippen LogP contribution in [0.1, 0.15) is 13.8 Å². The van der Waals surface area contributed by atoms with Gasteiger partial charge in [0.1, 0.15) is 5.75 Å². The molecule has 1 N–H and O–H groups in total. The van der Waals surface area contributed by atoms with E-state index in [-0.39, 0.29) is 0 Å². The number of methoxy groups -OCH3 is 1. The molecule has 0 spiro atoms. The highest BCUT2D eigenvalue weighted by Gasteiger charge is 2.23. The van der Waals surface area contributed by atoms with Crippen LogP contribution >= 0.6 is 15.9 Å². The van der Waals surface area contributed by atoms with E-state index < -0.39 is 0 Å². The van der Waals surface area contributed by atoms with E-state index in [4.69, 9.17) is 4.74 Å². The smallest absolute Gasteiger partial charge is 0.121 e. The molecular weight excluding hydrogens is 292 g/mol. The van der Waals surface area contributed by atoms with E-state index in [2.05, 4.69) is 52.1 Å². The summed E-state index contributed by atoms with van der Waals surface area (Å²) in [6.45, 7) is 7.65. The highest BCUT2D eigenvalue weighted by molar-refractivity contribution is 9.10. The van der Waals surface area contributed by atoms with Crippen LogP contribution in [0.15, 0.2) is 22.7 Å². The molecule has 0 saturated carbocycles. The van der Waals surface area contributed by atoms with Gasteiger partial charge in [-0.25, -0.2) is 0 Å². The van der Waals surface area contributed by atoms with Crippen LogP contribution in [0.5, 0.6) is 5.75 Å². The average Bonchev–Trinajstić information content (AvgIpc) is 2.39. The average molecular weight is 313 g/mol. The quantitative estimate of drug-likeness (QED) is 0.929. The SMILES string of the molecule is COc1ccc(Br)c(N2CCNC(C(C)C)C2)c1. The second kappa shape index (κ2) is 5.93. The molecule has 0 radical (unpaired) electrons. The molecule has 0 amide bonds. The second-order valence-electron chi connectivity index (χ2n) is 5.07. The highest BCUT2D eigenvalue weighted by Crippen LogP contribution is 2.31. The molecule has 0 aliphatic carbocycles. The van der Waals surface area contributed by atoms with E-state index in [1.807, 2.05) is 6.07 Å². The van der Waals surface area contributed by atoms with Gasteiger partial charge < -0.3 is 15.0 Å². The lowest BCUT2D eigenvalue weighted by atomic mass is 10.0. The van der Waals surface area contributed by atoms with Crippen molar-refractivity contribution in [1.29, 1.82) is 0 Å². The van der Waals surface area contributed by atoms with Gasteiger partial charge in [-0.2, -0.15) is 0 Å². The number of nitrogens with zero attached hydrogens (tertiary/aromatic N) is 1. The molecule has 4 heteroatoms. The molecule has 100 valence electrons. The van der Waals surface area contributed by atoms with Crippen molar-refractivity contribution in [1.82, 2.24) is 5.32 Å².